The zero-order valence-electron chi connectivity index (χ0n) is 17.8. The molecule has 1 amide bonds. The Morgan fingerprint density at radius 2 is 2.06 bits per heavy atom. The molecule has 9 heteroatoms. The van der Waals surface area contributed by atoms with Crippen molar-refractivity contribution in [2.24, 2.45) is 0 Å². The molecule has 2 fully saturated rings. The quantitative estimate of drug-likeness (QED) is 0.771. The van der Waals surface area contributed by atoms with Crippen LogP contribution in [0.3, 0.4) is 0 Å². The summed E-state index contributed by atoms with van der Waals surface area (Å²) in [6.45, 7) is 4.94. The van der Waals surface area contributed by atoms with Gasteiger partial charge in [0.05, 0.1) is 24.4 Å². The first-order valence-corrected chi connectivity index (χ1v) is 10.7. The molecular formula is C22H27F2N5O2. The maximum Gasteiger partial charge on any atom is 0.266 e. The zero-order chi connectivity index (χ0) is 22.0. The maximum absolute atomic E-state index is 13.9. The Hall–Kier alpha value is -2.68. The first-order chi connectivity index (χ1) is 14.8. The van der Waals surface area contributed by atoms with Crippen molar-refractivity contribution in [2.75, 3.05) is 36.5 Å². The van der Waals surface area contributed by atoms with Gasteiger partial charge in [0.25, 0.3) is 11.8 Å². The van der Waals surface area contributed by atoms with Crippen LogP contribution in [0.1, 0.15) is 66.7 Å². The highest BCUT2D eigenvalue weighted by atomic mass is 19.3. The van der Waals surface area contributed by atoms with Crippen molar-refractivity contribution in [1.82, 2.24) is 15.0 Å². The van der Waals surface area contributed by atoms with Gasteiger partial charge in [0.2, 0.25) is 0 Å². The van der Waals surface area contributed by atoms with Crippen LogP contribution in [0, 0.1) is 0 Å². The summed E-state index contributed by atoms with van der Waals surface area (Å²) in [6, 6.07) is 1.84. The normalized spacial score (nSPS) is 20.8. The summed E-state index contributed by atoms with van der Waals surface area (Å²) in [4.78, 5) is 27.4. The third-order valence-electron chi connectivity index (χ3n) is 5.72. The van der Waals surface area contributed by atoms with E-state index in [1.54, 1.807) is 11.1 Å². The molecule has 0 aliphatic carbocycles. The highest BCUT2D eigenvalue weighted by Crippen LogP contribution is 2.39. The van der Waals surface area contributed by atoms with Crippen LogP contribution < -0.4 is 10.2 Å². The summed E-state index contributed by atoms with van der Waals surface area (Å²) in [6.07, 6.45) is 6.16. The molecule has 2 aliphatic rings. The van der Waals surface area contributed by atoms with Crippen LogP contribution in [-0.2, 0) is 4.74 Å². The number of halogens is 2. The van der Waals surface area contributed by atoms with Gasteiger partial charge in [-0.05, 0) is 24.5 Å². The molecule has 0 aromatic carbocycles. The predicted molar refractivity (Wildman–Crippen MR) is 113 cm³/mol. The van der Waals surface area contributed by atoms with Crippen molar-refractivity contribution in [3.8, 4) is 0 Å². The Labute approximate surface area is 180 Å². The number of aromatic nitrogens is 3. The molecule has 0 bridgehead atoms. The van der Waals surface area contributed by atoms with E-state index < -0.39 is 18.4 Å². The smallest absolute Gasteiger partial charge is 0.266 e. The van der Waals surface area contributed by atoms with E-state index in [1.807, 2.05) is 19.9 Å². The molecule has 2 aromatic rings. The third-order valence-corrected chi connectivity index (χ3v) is 5.72. The first-order valence-electron chi connectivity index (χ1n) is 10.7. The topological polar surface area (TPSA) is 80.2 Å². The monoisotopic (exact) mass is 431 g/mol. The fourth-order valence-corrected chi connectivity index (χ4v) is 4.01. The Kier molecular flexibility index (Phi) is 6.13. The van der Waals surface area contributed by atoms with Crippen molar-refractivity contribution >= 4 is 17.4 Å². The molecule has 1 N–H and O–H groups in total. The summed E-state index contributed by atoms with van der Waals surface area (Å²) in [5.41, 5.74) is 1.62. The molecular weight excluding hydrogens is 404 g/mol. The maximum atomic E-state index is 13.9. The second-order valence-corrected chi connectivity index (χ2v) is 8.48. The minimum atomic E-state index is -2.77. The molecule has 2 aromatic heterocycles. The lowest BCUT2D eigenvalue weighted by Crippen LogP contribution is -2.28. The van der Waals surface area contributed by atoms with Gasteiger partial charge >= 0.3 is 0 Å². The number of amides is 1. The lowest BCUT2D eigenvalue weighted by atomic mass is 9.92. The van der Waals surface area contributed by atoms with Gasteiger partial charge in [0.1, 0.15) is 5.82 Å². The van der Waals surface area contributed by atoms with E-state index in [0.29, 0.717) is 36.1 Å². The Bertz CT molecular complexity index is 930. The number of ether oxygens (including phenoxy) is 1. The fraction of sp³-hybridized carbons (Fsp3) is 0.545. The summed E-state index contributed by atoms with van der Waals surface area (Å²) >= 11 is 0. The molecule has 4 heterocycles. The fourth-order valence-electron chi connectivity index (χ4n) is 4.01. The van der Waals surface area contributed by atoms with Crippen LogP contribution in [0.25, 0.3) is 0 Å². The molecule has 31 heavy (non-hydrogen) atoms. The number of nitrogens with one attached hydrogen (secondary N) is 1. The van der Waals surface area contributed by atoms with Gasteiger partial charge in [-0.3, -0.25) is 4.79 Å². The minimum absolute atomic E-state index is 0.0634. The number of hydrogen-bond acceptors (Lipinski definition) is 6. The molecule has 166 valence electrons. The van der Waals surface area contributed by atoms with E-state index in [0.717, 1.165) is 18.4 Å². The van der Waals surface area contributed by atoms with Crippen LogP contribution in [-0.4, -0.2) is 53.1 Å². The molecule has 0 saturated carbocycles. The third kappa shape index (κ3) is 4.81. The van der Waals surface area contributed by atoms with E-state index in [9.17, 15) is 13.6 Å². The second-order valence-electron chi connectivity index (χ2n) is 8.48. The van der Waals surface area contributed by atoms with Gasteiger partial charge in [0, 0.05) is 50.0 Å². The second kappa shape index (κ2) is 8.82. The summed E-state index contributed by atoms with van der Waals surface area (Å²) < 4.78 is 33.4. The number of alkyl halides is 2. The summed E-state index contributed by atoms with van der Waals surface area (Å²) in [5.74, 6) is -1.93. The number of pyridine rings is 1. The zero-order valence-corrected chi connectivity index (χ0v) is 17.8. The SMILES string of the molecule is CC(C)c1ncc(C(=O)Nc2c(C3CCCOC3)ccnc2N2CCC(F)(F)C2)cn1. The molecule has 1 atom stereocenters. The van der Waals surface area contributed by atoms with E-state index in [1.165, 1.54) is 12.4 Å². The molecule has 2 aliphatic heterocycles. The van der Waals surface area contributed by atoms with E-state index >= 15 is 0 Å². The highest BCUT2D eigenvalue weighted by Gasteiger charge is 2.40. The predicted octanol–water partition coefficient (Wildman–Crippen LogP) is 3.99. The van der Waals surface area contributed by atoms with Gasteiger partial charge in [0.15, 0.2) is 5.82 Å². The molecule has 7 nitrogen and oxygen atoms in total. The number of rotatable bonds is 5. The van der Waals surface area contributed by atoms with Crippen LogP contribution in [0.4, 0.5) is 20.3 Å². The van der Waals surface area contributed by atoms with Crippen molar-refractivity contribution in [2.45, 2.75) is 50.9 Å². The molecule has 0 radical (unpaired) electrons. The van der Waals surface area contributed by atoms with E-state index in [-0.39, 0.29) is 24.8 Å². The van der Waals surface area contributed by atoms with E-state index in [2.05, 4.69) is 20.3 Å². The number of carbonyl (C=O) groups is 1. The molecule has 0 spiro atoms. The van der Waals surface area contributed by atoms with E-state index in [4.69, 9.17) is 4.74 Å². The number of carbonyl (C=O) groups excluding carboxylic acids is 1. The van der Waals surface area contributed by atoms with Crippen molar-refractivity contribution in [3.63, 3.8) is 0 Å². The minimum Gasteiger partial charge on any atom is -0.381 e. The highest BCUT2D eigenvalue weighted by molar-refractivity contribution is 6.06. The lowest BCUT2D eigenvalue weighted by molar-refractivity contribution is 0.0256. The Morgan fingerprint density at radius 3 is 2.68 bits per heavy atom. The van der Waals surface area contributed by atoms with Crippen LogP contribution in [0.15, 0.2) is 24.7 Å². The average molecular weight is 431 g/mol. The van der Waals surface area contributed by atoms with Gasteiger partial charge in [-0.15, -0.1) is 0 Å². The Morgan fingerprint density at radius 1 is 1.29 bits per heavy atom. The van der Waals surface area contributed by atoms with Crippen LogP contribution in [0.5, 0.6) is 0 Å². The Balaban J connectivity index is 1.66. The van der Waals surface area contributed by atoms with Gasteiger partial charge < -0.3 is 15.0 Å². The average Bonchev–Trinajstić information content (AvgIpc) is 3.14. The van der Waals surface area contributed by atoms with Gasteiger partial charge in [-0.25, -0.2) is 23.7 Å². The number of anilines is 2. The largest absolute Gasteiger partial charge is 0.381 e. The van der Waals surface area contributed by atoms with Crippen LogP contribution >= 0.6 is 0 Å². The van der Waals surface area contributed by atoms with Crippen molar-refractivity contribution < 1.29 is 18.3 Å². The molecule has 2 saturated heterocycles. The lowest BCUT2D eigenvalue weighted by Gasteiger charge is -2.28. The first kappa shape index (κ1) is 21.5. The number of nitrogens with zero attached hydrogens (tertiary/aromatic N) is 4. The van der Waals surface area contributed by atoms with Crippen molar-refractivity contribution in [3.05, 3.63) is 41.6 Å². The van der Waals surface area contributed by atoms with Gasteiger partial charge in [-0.1, -0.05) is 13.8 Å². The summed E-state index contributed by atoms with van der Waals surface area (Å²) in [7, 11) is 0. The van der Waals surface area contributed by atoms with Gasteiger partial charge in [-0.2, -0.15) is 0 Å². The van der Waals surface area contributed by atoms with Crippen LogP contribution in [0.2, 0.25) is 0 Å². The van der Waals surface area contributed by atoms with Crippen molar-refractivity contribution in [1.29, 1.82) is 0 Å². The molecule has 1 unspecified atom stereocenters. The molecule has 4 rings (SSSR count). The standard InChI is InChI=1S/C22H27F2N5O2/c1-14(2)19-26-10-16(11-27-19)21(30)28-18-17(15-4-3-9-31-12-15)5-7-25-20(18)29-8-6-22(23,24)13-29/h5,7,10-11,14-15H,3-4,6,8-9,12-13H2,1-2H3,(H,28,30). The number of hydrogen-bond donors (Lipinski definition) is 1. The summed E-state index contributed by atoms with van der Waals surface area (Å²) in [5, 5.41) is 2.92.